The van der Waals surface area contributed by atoms with Crippen LogP contribution in [-0.2, 0) is 9.59 Å². The number of hydrogen-bond acceptors (Lipinski definition) is 4. The molecule has 1 saturated carbocycles. The molecule has 0 radical (unpaired) electrons. The number of carbonyl (C=O) groups is 2. The van der Waals surface area contributed by atoms with Gasteiger partial charge in [0.15, 0.2) is 6.61 Å². The summed E-state index contributed by atoms with van der Waals surface area (Å²) in [7, 11) is 0. The Morgan fingerprint density at radius 2 is 2.12 bits per heavy atom. The Labute approximate surface area is 146 Å². The summed E-state index contributed by atoms with van der Waals surface area (Å²) in [4.78, 5) is 24.6. The molecule has 2 N–H and O–H groups in total. The molecule has 0 spiro atoms. The van der Waals surface area contributed by atoms with Gasteiger partial charge >= 0.3 is 5.97 Å². The Kier molecular flexibility index (Phi) is 6.45. The van der Waals surface area contributed by atoms with Crippen LogP contribution in [0, 0.1) is 6.92 Å². The standard InChI is InChI=1S/C17H23ClN2O4/c1-3-20(9-17(22)23)13-7-12(8-13)19-16(21)10-24-14-4-5-15(18)11(2)6-14/h4-6,12-13H,3,7-10H2,1-2H3,(H,19,21)(H,22,23). The van der Waals surface area contributed by atoms with Crippen molar-refractivity contribution < 1.29 is 19.4 Å². The van der Waals surface area contributed by atoms with Crippen LogP contribution >= 0.6 is 11.6 Å². The monoisotopic (exact) mass is 354 g/mol. The number of carbonyl (C=O) groups excluding carboxylic acids is 1. The highest BCUT2D eigenvalue weighted by atomic mass is 35.5. The van der Waals surface area contributed by atoms with Crippen LogP contribution in [-0.4, -0.2) is 53.7 Å². The molecule has 24 heavy (non-hydrogen) atoms. The number of carboxylic acid groups (broad SMARTS) is 1. The topological polar surface area (TPSA) is 78.9 Å². The fourth-order valence-corrected chi connectivity index (χ4v) is 2.92. The average Bonchev–Trinajstić information content (AvgIpc) is 2.49. The van der Waals surface area contributed by atoms with Crippen molar-refractivity contribution in [2.24, 2.45) is 0 Å². The Morgan fingerprint density at radius 1 is 1.42 bits per heavy atom. The summed E-state index contributed by atoms with van der Waals surface area (Å²) < 4.78 is 5.46. The summed E-state index contributed by atoms with van der Waals surface area (Å²) in [6.07, 6.45) is 1.54. The van der Waals surface area contributed by atoms with Gasteiger partial charge in [0.25, 0.3) is 5.91 Å². The fraction of sp³-hybridized carbons (Fsp3) is 0.529. The third-order valence-corrected chi connectivity index (χ3v) is 4.66. The number of amides is 1. The molecule has 0 unspecified atom stereocenters. The summed E-state index contributed by atoms with van der Waals surface area (Å²) in [6.45, 7) is 4.50. The highest BCUT2D eigenvalue weighted by Crippen LogP contribution is 2.25. The van der Waals surface area contributed by atoms with Gasteiger partial charge in [0.2, 0.25) is 0 Å². The van der Waals surface area contributed by atoms with Crippen LogP contribution in [0.2, 0.25) is 5.02 Å². The maximum absolute atomic E-state index is 11.9. The lowest BCUT2D eigenvalue weighted by molar-refractivity contribution is -0.139. The second kappa shape index (κ2) is 8.35. The van der Waals surface area contributed by atoms with Crippen molar-refractivity contribution in [3.05, 3.63) is 28.8 Å². The number of ether oxygens (including phenoxy) is 1. The fourth-order valence-electron chi connectivity index (χ4n) is 2.80. The first-order chi connectivity index (χ1) is 11.4. The molecule has 2 rings (SSSR count). The molecule has 0 saturated heterocycles. The van der Waals surface area contributed by atoms with Crippen molar-refractivity contribution in [1.29, 1.82) is 0 Å². The number of hydrogen-bond donors (Lipinski definition) is 2. The second-order valence-electron chi connectivity index (χ2n) is 6.05. The van der Waals surface area contributed by atoms with Crippen molar-refractivity contribution in [2.45, 2.75) is 38.8 Å². The van der Waals surface area contributed by atoms with E-state index >= 15 is 0 Å². The van der Waals surface area contributed by atoms with Crippen molar-refractivity contribution in [3.63, 3.8) is 0 Å². The molecule has 0 aliphatic heterocycles. The van der Waals surface area contributed by atoms with Gasteiger partial charge in [-0.3, -0.25) is 14.5 Å². The Hall–Kier alpha value is -1.79. The number of aliphatic carboxylic acids is 1. The zero-order valence-corrected chi connectivity index (χ0v) is 14.7. The van der Waals surface area contributed by atoms with Gasteiger partial charge in [-0.2, -0.15) is 0 Å². The van der Waals surface area contributed by atoms with Crippen LogP contribution in [0.5, 0.6) is 5.75 Å². The van der Waals surface area contributed by atoms with Crippen molar-refractivity contribution >= 4 is 23.5 Å². The number of likely N-dealkylation sites (N-methyl/N-ethyl adjacent to an activating group) is 1. The van der Waals surface area contributed by atoms with E-state index < -0.39 is 5.97 Å². The maximum atomic E-state index is 11.9. The first kappa shape index (κ1) is 18.5. The molecule has 1 aromatic rings. The van der Waals surface area contributed by atoms with Crippen LogP contribution in [0.15, 0.2) is 18.2 Å². The first-order valence-corrected chi connectivity index (χ1v) is 8.41. The second-order valence-corrected chi connectivity index (χ2v) is 6.45. The van der Waals surface area contributed by atoms with E-state index in [1.54, 1.807) is 18.2 Å². The summed E-state index contributed by atoms with van der Waals surface area (Å²) >= 11 is 5.95. The van der Waals surface area contributed by atoms with Crippen molar-refractivity contribution in [2.75, 3.05) is 19.7 Å². The molecule has 0 aromatic heterocycles. The van der Waals surface area contributed by atoms with Gasteiger partial charge < -0.3 is 15.2 Å². The summed E-state index contributed by atoms with van der Waals surface area (Å²) in [5.41, 5.74) is 0.898. The number of halogens is 1. The van der Waals surface area contributed by atoms with E-state index in [1.165, 1.54) is 0 Å². The minimum absolute atomic E-state index is 0.0425. The van der Waals surface area contributed by atoms with Crippen LogP contribution in [0.3, 0.4) is 0 Å². The lowest BCUT2D eigenvalue weighted by Crippen LogP contribution is -2.55. The van der Waals surface area contributed by atoms with Gasteiger partial charge in [-0.25, -0.2) is 0 Å². The normalized spacial score (nSPS) is 19.7. The van der Waals surface area contributed by atoms with Crippen molar-refractivity contribution in [1.82, 2.24) is 10.2 Å². The molecule has 0 bridgehead atoms. The van der Waals surface area contributed by atoms with Crippen molar-refractivity contribution in [3.8, 4) is 5.75 Å². The number of carboxylic acids is 1. The third-order valence-electron chi connectivity index (χ3n) is 4.24. The molecule has 1 aliphatic carbocycles. The van der Waals surface area contributed by atoms with E-state index in [0.717, 1.165) is 18.4 Å². The Bertz CT molecular complexity index is 602. The van der Waals surface area contributed by atoms with Gasteiger partial charge in [0, 0.05) is 17.1 Å². The molecule has 0 atom stereocenters. The van der Waals surface area contributed by atoms with E-state index in [2.05, 4.69) is 5.32 Å². The van der Waals surface area contributed by atoms with E-state index in [1.807, 2.05) is 18.7 Å². The molecule has 1 aliphatic rings. The molecule has 6 nitrogen and oxygen atoms in total. The average molecular weight is 355 g/mol. The number of aryl methyl sites for hydroxylation is 1. The van der Waals surface area contributed by atoms with Crippen LogP contribution < -0.4 is 10.1 Å². The van der Waals surface area contributed by atoms with E-state index in [-0.39, 0.29) is 31.1 Å². The van der Waals surface area contributed by atoms with Gasteiger partial charge in [-0.05, 0) is 50.1 Å². The van der Waals surface area contributed by atoms with E-state index in [9.17, 15) is 9.59 Å². The highest BCUT2D eigenvalue weighted by molar-refractivity contribution is 6.31. The number of benzene rings is 1. The third kappa shape index (κ3) is 5.11. The smallest absolute Gasteiger partial charge is 0.317 e. The number of nitrogens with one attached hydrogen (secondary N) is 1. The first-order valence-electron chi connectivity index (χ1n) is 8.03. The maximum Gasteiger partial charge on any atom is 0.317 e. The molecule has 1 fully saturated rings. The largest absolute Gasteiger partial charge is 0.484 e. The highest BCUT2D eigenvalue weighted by Gasteiger charge is 2.34. The zero-order chi connectivity index (χ0) is 17.7. The molecular formula is C17H23ClN2O4. The van der Waals surface area contributed by atoms with Crippen LogP contribution in [0.1, 0.15) is 25.3 Å². The molecular weight excluding hydrogens is 332 g/mol. The van der Waals surface area contributed by atoms with Gasteiger partial charge in [-0.1, -0.05) is 18.5 Å². The summed E-state index contributed by atoms with van der Waals surface area (Å²) in [5, 5.41) is 12.4. The molecule has 1 amide bonds. The predicted octanol–water partition coefficient (Wildman–Crippen LogP) is 2.08. The number of nitrogens with zero attached hydrogens (tertiary/aromatic N) is 1. The molecule has 7 heteroatoms. The molecule has 1 aromatic carbocycles. The molecule has 0 heterocycles. The quantitative estimate of drug-likeness (QED) is 0.747. The van der Waals surface area contributed by atoms with E-state index in [4.69, 9.17) is 21.4 Å². The predicted molar refractivity (Wildman–Crippen MR) is 91.5 cm³/mol. The minimum Gasteiger partial charge on any atom is -0.484 e. The van der Waals surface area contributed by atoms with Gasteiger partial charge in [0.1, 0.15) is 5.75 Å². The summed E-state index contributed by atoms with van der Waals surface area (Å²) in [5.74, 6) is -0.388. The Balaban J connectivity index is 1.70. The SMILES string of the molecule is CCN(CC(=O)O)C1CC(NC(=O)COc2ccc(Cl)c(C)c2)C1. The lowest BCUT2D eigenvalue weighted by Gasteiger charge is -2.42. The van der Waals surface area contributed by atoms with Gasteiger partial charge in [0.05, 0.1) is 6.54 Å². The number of rotatable bonds is 8. The zero-order valence-electron chi connectivity index (χ0n) is 13.9. The van der Waals surface area contributed by atoms with E-state index in [0.29, 0.717) is 17.3 Å². The van der Waals surface area contributed by atoms with Crippen LogP contribution in [0.25, 0.3) is 0 Å². The Morgan fingerprint density at radius 3 is 2.71 bits per heavy atom. The summed E-state index contributed by atoms with van der Waals surface area (Å²) in [6, 6.07) is 5.56. The van der Waals surface area contributed by atoms with Crippen LogP contribution in [0.4, 0.5) is 0 Å². The van der Waals surface area contributed by atoms with Gasteiger partial charge in [-0.15, -0.1) is 0 Å². The minimum atomic E-state index is -0.823. The lowest BCUT2D eigenvalue weighted by atomic mass is 9.85. The molecule has 132 valence electrons.